The molecule has 0 fully saturated rings. The zero-order valence-electron chi connectivity index (χ0n) is 15.5. The quantitative estimate of drug-likeness (QED) is 0.139. The normalized spacial score (nSPS) is 18.7. The monoisotopic (exact) mass is 448 g/mol. The second kappa shape index (κ2) is 13.7. The van der Waals surface area contributed by atoms with Gasteiger partial charge in [0.1, 0.15) is 24.4 Å². The smallest absolute Gasteiger partial charge is 0.337 e. The summed E-state index contributed by atoms with van der Waals surface area (Å²) in [6.45, 7) is 0. The number of hydrogen-bond donors (Lipinski definition) is 10. The Balaban J connectivity index is 0. The minimum absolute atomic E-state index is 0.960. The highest BCUT2D eigenvalue weighted by Crippen LogP contribution is 2.08. The Hall–Kier alpha value is -2.44. The Morgan fingerprint density at radius 1 is 0.500 bits per heavy atom. The number of carbonyl (C=O) groups is 4. The molecule has 0 aliphatic rings. The van der Waals surface area contributed by atoms with Crippen LogP contribution in [0.25, 0.3) is 0 Å². The average Bonchev–Trinajstić information content (AvgIpc) is 2.73. The van der Waals surface area contributed by atoms with Crippen molar-refractivity contribution >= 4 is 23.9 Å². The molecule has 0 rings (SSSR count). The first-order chi connectivity index (χ1) is 13.6. The van der Waals surface area contributed by atoms with Crippen molar-refractivity contribution in [3.63, 3.8) is 0 Å². The van der Waals surface area contributed by atoms with E-state index in [1.165, 1.54) is 0 Å². The minimum Gasteiger partial charge on any atom is -0.479 e. The van der Waals surface area contributed by atoms with Crippen molar-refractivity contribution in [2.24, 2.45) is 0 Å². The third-order valence-electron chi connectivity index (χ3n) is 3.39. The van der Waals surface area contributed by atoms with E-state index in [9.17, 15) is 29.4 Å². The molecule has 30 heavy (non-hydrogen) atoms. The minimum atomic E-state index is -2.36. The van der Waals surface area contributed by atoms with Gasteiger partial charge in [0.25, 0.3) is 0 Å². The zero-order chi connectivity index (χ0) is 24.3. The van der Waals surface area contributed by atoms with Gasteiger partial charge in [-0.1, -0.05) is 0 Å². The predicted molar refractivity (Wildman–Crippen MR) is 87.4 cm³/mol. The molecule has 0 aromatic heterocycles. The molecule has 8 atom stereocenters. The molecular formula is C14H24O16. The summed E-state index contributed by atoms with van der Waals surface area (Å²) in [6, 6.07) is 0. The lowest BCUT2D eigenvalue weighted by molar-refractivity contribution is -0.176. The van der Waals surface area contributed by atoms with Gasteiger partial charge in [0.15, 0.2) is 24.4 Å². The largest absolute Gasteiger partial charge is 0.479 e. The first-order valence-corrected chi connectivity index (χ1v) is 7.71. The van der Waals surface area contributed by atoms with Crippen molar-refractivity contribution in [1.29, 1.82) is 0 Å². The van der Waals surface area contributed by atoms with Crippen LogP contribution in [0.2, 0.25) is 0 Å². The second-order valence-electron chi connectivity index (χ2n) is 5.46. The van der Waals surface area contributed by atoms with Gasteiger partial charge in [-0.3, -0.25) is 0 Å². The molecule has 0 radical (unpaired) electrons. The Bertz CT molecular complexity index is 528. The third-order valence-corrected chi connectivity index (χ3v) is 3.39. The van der Waals surface area contributed by atoms with E-state index in [0.717, 1.165) is 14.2 Å². The summed E-state index contributed by atoms with van der Waals surface area (Å²) < 4.78 is 8.18. The molecule has 0 bridgehead atoms. The van der Waals surface area contributed by atoms with Gasteiger partial charge in [-0.15, -0.1) is 0 Å². The molecule has 0 aliphatic heterocycles. The van der Waals surface area contributed by atoms with Gasteiger partial charge < -0.3 is 60.5 Å². The molecule has 0 aromatic carbocycles. The molecule has 10 N–H and O–H groups in total. The van der Waals surface area contributed by atoms with Gasteiger partial charge in [0.2, 0.25) is 0 Å². The predicted octanol–water partition coefficient (Wildman–Crippen LogP) is -6.62. The van der Waals surface area contributed by atoms with Crippen LogP contribution in [-0.2, 0) is 28.7 Å². The van der Waals surface area contributed by atoms with Crippen molar-refractivity contribution in [2.45, 2.75) is 48.8 Å². The van der Waals surface area contributed by atoms with Crippen molar-refractivity contribution in [2.75, 3.05) is 14.2 Å². The molecule has 0 unspecified atom stereocenters. The fourth-order valence-corrected chi connectivity index (χ4v) is 1.56. The fourth-order valence-electron chi connectivity index (χ4n) is 1.56. The summed E-state index contributed by atoms with van der Waals surface area (Å²) in [4.78, 5) is 41.7. The number of carboxylic acid groups (broad SMARTS) is 2. The Morgan fingerprint density at radius 2 is 0.700 bits per heavy atom. The lowest BCUT2D eigenvalue weighted by Crippen LogP contribution is -2.50. The molecule has 16 heteroatoms. The maximum atomic E-state index is 10.8. The molecule has 0 saturated heterocycles. The lowest BCUT2D eigenvalue weighted by atomic mass is 10.0. The van der Waals surface area contributed by atoms with E-state index in [4.69, 9.17) is 40.9 Å². The number of ether oxygens (including phenoxy) is 2. The van der Waals surface area contributed by atoms with E-state index in [1.807, 2.05) is 0 Å². The molecule has 0 amide bonds. The van der Waals surface area contributed by atoms with E-state index in [1.54, 1.807) is 0 Å². The molecule has 0 spiro atoms. The summed E-state index contributed by atoms with van der Waals surface area (Å²) in [5, 5.41) is 88.1. The third kappa shape index (κ3) is 8.93. The zero-order valence-corrected chi connectivity index (χ0v) is 15.5. The standard InChI is InChI=1S/C8H14O8.C6H10O8/c1-15-7(13)5(11)3(9)4(10)6(12)8(14)16-2;7-1(3(9)5(11)12)2(8)4(10)6(13)14/h3-6,9-12H,1-2H3;1-4,7-10H,(H,11,12)(H,13,14)/t3-,4+,5+,6-;1-,2+,3+,4-. The van der Waals surface area contributed by atoms with Gasteiger partial charge >= 0.3 is 23.9 Å². The summed E-state index contributed by atoms with van der Waals surface area (Å²) in [5.74, 6) is -6.09. The van der Waals surface area contributed by atoms with Crippen LogP contribution < -0.4 is 0 Å². The first kappa shape index (κ1) is 29.8. The van der Waals surface area contributed by atoms with Crippen molar-refractivity contribution in [1.82, 2.24) is 0 Å². The van der Waals surface area contributed by atoms with Gasteiger partial charge in [-0.2, -0.15) is 0 Å². The van der Waals surface area contributed by atoms with Crippen LogP contribution in [0, 0.1) is 0 Å². The van der Waals surface area contributed by atoms with Crippen LogP contribution in [0.5, 0.6) is 0 Å². The Morgan fingerprint density at radius 3 is 0.867 bits per heavy atom. The number of aliphatic carboxylic acids is 2. The highest BCUT2D eigenvalue weighted by molar-refractivity contribution is 5.77. The summed E-state index contributed by atoms with van der Waals surface area (Å²) in [5.41, 5.74) is 0. The number of carbonyl (C=O) groups excluding carboxylic acids is 2. The Labute approximate surface area is 167 Å². The highest BCUT2D eigenvalue weighted by atomic mass is 16.5. The topological polar surface area (TPSA) is 289 Å². The van der Waals surface area contributed by atoms with Crippen molar-refractivity contribution < 1.29 is 79.7 Å². The van der Waals surface area contributed by atoms with E-state index in [-0.39, 0.29) is 0 Å². The van der Waals surface area contributed by atoms with Gasteiger partial charge in [-0.05, 0) is 0 Å². The number of aliphatic hydroxyl groups excluding tert-OH is 8. The summed E-state index contributed by atoms with van der Waals surface area (Å²) in [7, 11) is 1.92. The van der Waals surface area contributed by atoms with Gasteiger partial charge in [0.05, 0.1) is 14.2 Å². The van der Waals surface area contributed by atoms with Crippen molar-refractivity contribution in [3.8, 4) is 0 Å². The number of esters is 2. The molecule has 0 saturated carbocycles. The van der Waals surface area contributed by atoms with E-state index in [2.05, 4.69) is 9.47 Å². The fraction of sp³-hybridized carbons (Fsp3) is 0.714. The number of methoxy groups -OCH3 is 2. The van der Waals surface area contributed by atoms with E-state index >= 15 is 0 Å². The van der Waals surface area contributed by atoms with Crippen LogP contribution in [0.4, 0.5) is 0 Å². The lowest BCUT2D eigenvalue weighted by Gasteiger charge is -2.23. The summed E-state index contributed by atoms with van der Waals surface area (Å²) >= 11 is 0. The second-order valence-corrected chi connectivity index (χ2v) is 5.46. The number of carboxylic acids is 2. The van der Waals surface area contributed by atoms with Crippen molar-refractivity contribution in [3.05, 3.63) is 0 Å². The van der Waals surface area contributed by atoms with Crippen LogP contribution in [0.1, 0.15) is 0 Å². The first-order valence-electron chi connectivity index (χ1n) is 7.71. The maximum Gasteiger partial charge on any atom is 0.337 e. The van der Waals surface area contributed by atoms with Crippen LogP contribution >= 0.6 is 0 Å². The SMILES string of the molecule is COC(=O)[C@@H](O)[C@H](O)[C@H](O)[C@@H](O)C(=O)OC.O=C(O)[C@@H](O)[C@H](O)[C@H](O)[C@@H](O)C(=O)O. The molecule has 0 aliphatic carbocycles. The number of aliphatic hydroxyl groups is 8. The summed E-state index contributed by atoms with van der Waals surface area (Å²) in [6.07, 6.45) is -17.6. The average molecular weight is 448 g/mol. The van der Waals surface area contributed by atoms with Gasteiger partial charge in [-0.25, -0.2) is 19.2 Å². The molecule has 0 aromatic rings. The van der Waals surface area contributed by atoms with Crippen LogP contribution in [0.3, 0.4) is 0 Å². The van der Waals surface area contributed by atoms with Gasteiger partial charge in [0, 0.05) is 0 Å². The van der Waals surface area contributed by atoms with Crippen LogP contribution in [0.15, 0.2) is 0 Å². The number of hydrogen-bond acceptors (Lipinski definition) is 14. The molecular weight excluding hydrogens is 424 g/mol. The maximum absolute atomic E-state index is 10.8. The number of rotatable bonds is 10. The molecule has 0 heterocycles. The molecule has 176 valence electrons. The highest BCUT2D eigenvalue weighted by Gasteiger charge is 2.38. The van der Waals surface area contributed by atoms with Crippen LogP contribution in [-0.4, -0.2) is 138 Å². The molecule has 16 nitrogen and oxygen atoms in total. The van der Waals surface area contributed by atoms with E-state index in [0.29, 0.717) is 0 Å². The Kier molecular flexibility index (Phi) is 13.6. The van der Waals surface area contributed by atoms with E-state index < -0.39 is 72.7 Å².